The van der Waals surface area contributed by atoms with E-state index in [-0.39, 0.29) is 24.3 Å². The highest BCUT2D eigenvalue weighted by molar-refractivity contribution is 7.14. The number of benzene rings is 1. The highest BCUT2D eigenvalue weighted by Crippen LogP contribution is 2.21. The number of thiophene rings is 1. The third-order valence-corrected chi connectivity index (χ3v) is 4.40. The van der Waals surface area contributed by atoms with Crippen LogP contribution in [0.15, 0.2) is 30.3 Å². The Hall–Kier alpha value is -3.14. The molecule has 0 aliphatic rings. The molecule has 8 nitrogen and oxygen atoms in total. The average Bonchev–Trinajstić information content (AvgIpc) is 3.05. The quantitative estimate of drug-likeness (QED) is 0.318. The maximum atomic E-state index is 13.2. The Kier molecular flexibility index (Phi) is 6.72. The zero-order chi connectivity index (χ0) is 20.0. The van der Waals surface area contributed by atoms with Crippen LogP contribution in [0.5, 0.6) is 0 Å². The molecule has 0 aliphatic carbocycles. The number of nitrogens with one attached hydrogen (secondary N) is 1. The normalized spacial score (nSPS) is 10.3. The van der Waals surface area contributed by atoms with Crippen LogP contribution >= 0.6 is 11.3 Å². The number of nitro benzene ring substituents is 1. The van der Waals surface area contributed by atoms with E-state index < -0.39 is 34.9 Å². The van der Waals surface area contributed by atoms with Crippen LogP contribution in [0, 0.1) is 22.9 Å². The van der Waals surface area contributed by atoms with E-state index in [1.165, 1.54) is 11.3 Å². The molecule has 0 saturated heterocycles. The summed E-state index contributed by atoms with van der Waals surface area (Å²) in [5, 5.41) is 12.9. The molecule has 2 aromatic rings. The Morgan fingerprint density at radius 1 is 1.22 bits per heavy atom. The van der Waals surface area contributed by atoms with Crippen molar-refractivity contribution >= 4 is 40.4 Å². The van der Waals surface area contributed by atoms with Gasteiger partial charge < -0.3 is 10.1 Å². The smallest absolute Gasteiger partial charge is 0.306 e. The fourth-order valence-corrected chi connectivity index (χ4v) is 2.90. The minimum atomic E-state index is -1.03. The van der Waals surface area contributed by atoms with Gasteiger partial charge in [0.25, 0.3) is 5.91 Å². The number of aryl methyl sites for hydroxylation is 1. The second-order valence-electron chi connectivity index (χ2n) is 5.47. The third-order valence-electron chi connectivity index (χ3n) is 3.36. The molecule has 1 heterocycles. The summed E-state index contributed by atoms with van der Waals surface area (Å²) in [5.41, 5.74) is -0.792. The average molecular weight is 394 g/mol. The van der Waals surface area contributed by atoms with E-state index in [1.807, 2.05) is 6.92 Å². The van der Waals surface area contributed by atoms with Crippen molar-refractivity contribution in [1.29, 1.82) is 0 Å². The van der Waals surface area contributed by atoms with E-state index in [9.17, 15) is 28.9 Å². The number of carbonyl (C=O) groups is 3. The highest BCUT2D eigenvalue weighted by Gasteiger charge is 2.16. The van der Waals surface area contributed by atoms with Gasteiger partial charge in [-0.15, -0.1) is 11.3 Å². The van der Waals surface area contributed by atoms with Crippen molar-refractivity contribution < 1.29 is 28.4 Å². The maximum Gasteiger partial charge on any atom is 0.306 e. The lowest BCUT2D eigenvalue weighted by molar-refractivity contribution is -0.387. The molecule has 0 bridgehead atoms. The Bertz CT molecular complexity index is 895. The number of anilines is 1. The monoisotopic (exact) mass is 394 g/mol. The van der Waals surface area contributed by atoms with Crippen molar-refractivity contribution in [2.24, 2.45) is 0 Å². The predicted octanol–water partition coefficient (Wildman–Crippen LogP) is 3.25. The molecule has 1 aromatic heterocycles. The number of Topliss-reactive ketones (excluding diaryl/α,β-unsaturated/α-hetero) is 1. The van der Waals surface area contributed by atoms with Crippen molar-refractivity contribution in [3.63, 3.8) is 0 Å². The van der Waals surface area contributed by atoms with Gasteiger partial charge in [0.2, 0.25) is 5.82 Å². The number of halogens is 1. The maximum absolute atomic E-state index is 13.2. The molecule has 0 unspecified atom stereocenters. The zero-order valence-corrected chi connectivity index (χ0v) is 15.0. The van der Waals surface area contributed by atoms with Crippen molar-refractivity contribution in [2.75, 3.05) is 11.9 Å². The van der Waals surface area contributed by atoms with Gasteiger partial charge in [-0.2, -0.15) is 4.39 Å². The number of ketones is 1. The van der Waals surface area contributed by atoms with Crippen LogP contribution < -0.4 is 5.32 Å². The Balaban J connectivity index is 1.78. The van der Waals surface area contributed by atoms with Crippen molar-refractivity contribution in [3.05, 3.63) is 56.0 Å². The molecule has 1 N–H and O–H groups in total. The number of carbonyl (C=O) groups excluding carboxylic acids is 3. The molecule has 0 atom stereocenters. The van der Waals surface area contributed by atoms with Gasteiger partial charge in [-0.05, 0) is 31.2 Å². The van der Waals surface area contributed by atoms with Gasteiger partial charge in [0, 0.05) is 23.1 Å². The van der Waals surface area contributed by atoms with E-state index in [0.717, 1.165) is 23.1 Å². The molecule has 0 fully saturated rings. The van der Waals surface area contributed by atoms with Crippen molar-refractivity contribution in [2.45, 2.75) is 19.8 Å². The first-order chi connectivity index (χ1) is 12.8. The second kappa shape index (κ2) is 8.99. The van der Waals surface area contributed by atoms with E-state index in [1.54, 1.807) is 12.1 Å². The number of rotatable bonds is 8. The molecule has 1 aromatic carbocycles. The van der Waals surface area contributed by atoms with Crippen LogP contribution in [0.2, 0.25) is 0 Å². The van der Waals surface area contributed by atoms with E-state index in [0.29, 0.717) is 4.88 Å². The van der Waals surface area contributed by atoms with Gasteiger partial charge >= 0.3 is 11.7 Å². The first-order valence-corrected chi connectivity index (χ1v) is 8.57. The summed E-state index contributed by atoms with van der Waals surface area (Å²) in [7, 11) is 0. The van der Waals surface area contributed by atoms with Crippen LogP contribution in [0.4, 0.5) is 15.8 Å². The molecule has 142 valence electrons. The number of nitro groups is 1. The Morgan fingerprint density at radius 3 is 2.59 bits per heavy atom. The number of ether oxygens (including phenoxy) is 1. The lowest BCUT2D eigenvalue weighted by Gasteiger charge is -2.06. The highest BCUT2D eigenvalue weighted by atomic mass is 32.1. The Morgan fingerprint density at radius 2 is 1.96 bits per heavy atom. The molecule has 0 spiro atoms. The topological polar surface area (TPSA) is 116 Å². The molecule has 1 amide bonds. The molecule has 10 heteroatoms. The number of amides is 1. The zero-order valence-electron chi connectivity index (χ0n) is 14.2. The van der Waals surface area contributed by atoms with Gasteiger partial charge in [0.1, 0.15) is 0 Å². The van der Waals surface area contributed by atoms with Gasteiger partial charge in [-0.1, -0.05) is 0 Å². The van der Waals surface area contributed by atoms with Crippen LogP contribution in [0.1, 0.15) is 27.4 Å². The predicted molar refractivity (Wildman–Crippen MR) is 95.3 cm³/mol. The fraction of sp³-hybridized carbons (Fsp3) is 0.235. The first-order valence-electron chi connectivity index (χ1n) is 7.75. The van der Waals surface area contributed by atoms with E-state index >= 15 is 0 Å². The van der Waals surface area contributed by atoms with Crippen molar-refractivity contribution in [1.82, 2.24) is 0 Å². The van der Waals surface area contributed by atoms with Crippen LogP contribution in [-0.2, 0) is 14.3 Å². The molecule has 0 aliphatic heterocycles. The van der Waals surface area contributed by atoms with Crippen LogP contribution in [0.3, 0.4) is 0 Å². The standard InChI is InChI=1S/C17H15FN2O6S/c1-10-2-6-15(27-10)14(21)5-7-17(23)26-9-16(22)19-11-3-4-12(18)13(8-11)20(24)25/h2-4,6,8H,5,7,9H2,1H3,(H,19,22). The summed E-state index contributed by atoms with van der Waals surface area (Å²) >= 11 is 1.33. The van der Waals surface area contributed by atoms with E-state index in [2.05, 4.69) is 5.32 Å². The number of esters is 1. The number of hydrogen-bond donors (Lipinski definition) is 1. The second-order valence-corrected chi connectivity index (χ2v) is 6.75. The van der Waals surface area contributed by atoms with Crippen molar-refractivity contribution in [3.8, 4) is 0 Å². The lowest BCUT2D eigenvalue weighted by Crippen LogP contribution is -2.21. The minimum absolute atomic E-state index is 0.00704. The summed E-state index contributed by atoms with van der Waals surface area (Å²) in [6.07, 6.45) is -0.213. The summed E-state index contributed by atoms with van der Waals surface area (Å²) < 4.78 is 18.0. The molecular weight excluding hydrogens is 379 g/mol. The summed E-state index contributed by atoms with van der Waals surface area (Å²) in [6, 6.07) is 6.33. The van der Waals surface area contributed by atoms with Gasteiger partial charge in [0.05, 0.1) is 16.2 Å². The van der Waals surface area contributed by atoms with Crippen LogP contribution in [-0.4, -0.2) is 29.2 Å². The van der Waals surface area contributed by atoms with Gasteiger partial charge in [-0.25, -0.2) is 0 Å². The summed E-state index contributed by atoms with van der Waals surface area (Å²) in [5.74, 6) is -2.69. The molecule has 0 radical (unpaired) electrons. The number of nitrogens with zero attached hydrogens (tertiary/aromatic N) is 1. The molecule has 2 rings (SSSR count). The fourth-order valence-electron chi connectivity index (χ4n) is 2.07. The summed E-state index contributed by atoms with van der Waals surface area (Å²) in [6.45, 7) is 1.24. The number of hydrogen-bond acceptors (Lipinski definition) is 7. The van der Waals surface area contributed by atoms with E-state index in [4.69, 9.17) is 4.74 Å². The molecule has 0 saturated carbocycles. The molecular formula is C17H15FN2O6S. The van der Waals surface area contributed by atoms with Gasteiger partial charge in [0.15, 0.2) is 12.4 Å². The molecule has 27 heavy (non-hydrogen) atoms. The SMILES string of the molecule is Cc1ccc(C(=O)CCC(=O)OCC(=O)Nc2ccc(F)c([N+](=O)[O-])c2)s1. The first kappa shape index (κ1) is 20.2. The minimum Gasteiger partial charge on any atom is -0.456 e. The Labute approximate surface area is 157 Å². The third kappa shape index (κ3) is 5.96. The van der Waals surface area contributed by atoms with Gasteiger partial charge in [-0.3, -0.25) is 24.5 Å². The van der Waals surface area contributed by atoms with Crippen LogP contribution in [0.25, 0.3) is 0 Å². The lowest BCUT2D eigenvalue weighted by atomic mass is 10.2. The summed E-state index contributed by atoms with van der Waals surface area (Å²) in [4.78, 5) is 46.5. The largest absolute Gasteiger partial charge is 0.456 e.